The molecule has 1 saturated carbocycles. The van der Waals surface area contributed by atoms with Gasteiger partial charge in [-0.1, -0.05) is 96.0 Å². The van der Waals surface area contributed by atoms with E-state index in [-0.39, 0.29) is 25.5 Å². The number of nitrogens with zero attached hydrogens (tertiary/aromatic N) is 5. The maximum absolute atomic E-state index is 4.85. The van der Waals surface area contributed by atoms with Crippen molar-refractivity contribution in [2.75, 3.05) is 0 Å². The largest absolute Gasteiger partial charge is 0.432 e. The van der Waals surface area contributed by atoms with Crippen molar-refractivity contribution in [3.05, 3.63) is 114 Å². The molecule has 0 unspecified atom stereocenters. The standard InChI is InChI=1S/C25H21N4.C16H18N.Ir/c1-15-14-28-24-22-17(10-11-26-24)13-18(12-16-6-2-3-7-16)21-19-8-4-5-9-20(19)29(23(21)22)25(28)27-15;1-12-5-7-13(8-6-12)15-10-9-14(11-17-15)16(2,3)4;/h4-5,8-11,13,16H,2-3,6-7,12H2,1H3;5-7,9-11H,1-4H3;/q2*-1;. The summed E-state index contributed by atoms with van der Waals surface area (Å²) in [5, 5.41) is 5.20. The number of aryl methyl sites for hydroxylation is 2. The molecule has 9 rings (SSSR count). The molecule has 0 spiro atoms. The fourth-order valence-electron chi connectivity index (χ4n) is 7.35. The quantitative estimate of drug-likeness (QED) is 0.168. The van der Waals surface area contributed by atoms with Crippen LogP contribution in [-0.4, -0.2) is 23.8 Å². The van der Waals surface area contributed by atoms with E-state index in [0.717, 1.165) is 40.7 Å². The number of hydrogen-bond acceptors (Lipinski definition) is 3. The summed E-state index contributed by atoms with van der Waals surface area (Å²) in [6.07, 6.45) is 13.9. The van der Waals surface area contributed by atoms with Crippen molar-refractivity contribution >= 4 is 44.0 Å². The van der Waals surface area contributed by atoms with Crippen molar-refractivity contribution in [2.24, 2.45) is 5.92 Å². The van der Waals surface area contributed by atoms with E-state index in [1.54, 1.807) is 0 Å². The Labute approximate surface area is 289 Å². The molecule has 0 amide bonds. The van der Waals surface area contributed by atoms with Gasteiger partial charge in [0.1, 0.15) is 5.78 Å². The Balaban J connectivity index is 0.000000169. The number of rotatable bonds is 3. The summed E-state index contributed by atoms with van der Waals surface area (Å²) < 4.78 is 4.37. The molecule has 1 aliphatic rings. The molecule has 8 aromatic rings. The molecular formula is C41H39IrN5-2. The zero-order chi connectivity index (χ0) is 31.6. The third-order valence-electron chi connectivity index (χ3n) is 9.74. The number of fused-ring (bicyclic) bond motifs is 6. The first-order chi connectivity index (χ1) is 22.3. The molecule has 47 heavy (non-hydrogen) atoms. The second-order valence-electron chi connectivity index (χ2n) is 14.1. The number of imidazole rings is 1. The van der Waals surface area contributed by atoms with Gasteiger partial charge in [-0.25, -0.2) is 0 Å². The van der Waals surface area contributed by atoms with Gasteiger partial charge < -0.3 is 18.8 Å². The topological polar surface area (TPSA) is 47.5 Å². The van der Waals surface area contributed by atoms with Crippen LogP contribution in [0.1, 0.15) is 68.8 Å². The molecule has 1 aliphatic carbocycles. The number of aromatic nitrogens is 5. The summed E-state index contributed by atoms with van der Waals surface area (Å²) in [6, 6.07) is 27.0. The number of pyridine rings is 2. The van der Waals surface area contributed by atoms with E-state index in [2.05, 4.69) is 110 Å². The minimum Gasteiger partial charge on any atom is -0.432 e. The zero-order valence-electron chi connectivity index (χ0n) is 27.7. The van der Waals surface area contributed by atoms with Crippen LogP contribution in [0.2, 0.25) is 0 Å². The maximum Gasteiger partial charge on any atom is 0.106 e. The van der Waals surface area contributed by atoms with Crippen molar-refractivity contribution in [2.45, 2.75) is 72.1 Å². The Hall–Kier alpha value is -4.12. The number of para-hydroxylation sites is 1. The molecule has 0 N–H and O–H groups in total. The smallest absolute Gasteiger partial charge is 0.106 e. The third kappa shape index (κ3) is 5.52. The molecule has 5 aromatic heterocycles. The van der Waals surface area contributed by atoms with E-state index in [0.29, 0.717) is 0 Å². The van der Waals surface area contributed by atoms with Crippen LogP contribution in [0.5, 0.6) is 0 Å². The normalized spacial score (nSPS) is 14.0. The second-order valence-corrected chi connectivity index (χ2v) is 14.1. The first kappa shape index (κ1) is 31.5. The van der Waals surface area contributed by atoms with Gasteiger partial charge >= 0.3 is 0 Å². The molecule has 239 valence electrons. The number of hydrogen-bond donors (Lipinski definition) is 0. The molecule has 5 heterocycles. The zero-order valence-corrected chi connectivity index (χ0v) is 30.1. The maximum atomic E-state index is 4.85. The Kier molecular flexibility index (Phi) is 8.14. The summed E-state index contributed by atoms with van der Waals surface area (Å²) in [6.45, 7) is 10.7. The molecule has 3 aromatic carbocycles. The predicted molar refractivity (Wildman–Crippen MR) is 189 cm³/mol. The van der Waals surface area contributed by atoms with Crippen LogP contribution >= 0.6 is 0 Å². The molecule has 5 nitrogen and oxygen atoms in total. The molecule has 0 saturated heterocycles. The van der Waals surface area contributed by atoms with Crippen molar-refractivity contribution in [1.82, 2.24) is 23.8 Å². The van der Waals surface area contributed by atoms with Crippen molar-refractivity contribution in [3.63, 3.8) is 0 Å². The molecule has 0 aliphatic heterocycles. The van der Waals surface area contributed by atoms with Gasteiger partial charge in [-0.2, -0.15) is 0 Å². The van der Waals surface area contributed by atoms with Crippen LogP contribution in [-0.2, 0) is 31.9 Å². The molecule has 6 heteroatoms. The summed E-state index contributed by atoms with van der Waals surface area (Å²) in [4.78, 5) is 14.1. The van der Waals surface area contributed by atoms with Crippen LogP contribution in [0.15, 0.2) is 79.1 Å². The summed E-state index contributed by atoms with van der Waals surface area (Å²) in [5.41, 5.74) is 10.5. The first-order valence-electron chi connectivity index (χ1n) is 16.5. The van der Waals surface area contributed by atoms with E-state index >= 15 is 0 Å². The summed E-state index contributed by atoms with van der Waals surface area (Å²) in [7, 11) is 0. The van der Waals surface area contributed by atoms with Gasteiger partial charge in [0.2, 0.25) is 0 Å². The Morgan fingerprint density at radius 3 is 2.45 bits per heavy atom. The van der Waals surface area contributed by atoms with Gasteiger partial charge in [-0.3, -0.25) is 4.98 Å². The van der Waals surface area contributed by atoms with Crippen LogP contribution in [0.4, 0.5) is 0 Å². The molecular weight excluding hydrogens is 755 g/mol. The predicted octanol–water partition coefficient (Wildman–Crippen LogP) is 9.87. The molecule has 0 atom stereocenters. The van der Waals surface area contributed by atoms with Gasteiger partial charge in [-0.15, -0.1) is 35.4 Å². The fourth-order valence-corrected chi connectivity index (χ4v) is 7.35. The van der Waals surface area contributed by atoms with Gasteiger partial charge in [-0.05, 0) is 70.1 Å². The fraction of sp³-hybridized carbons (Fsp3) is 0.293. The van der Waals surface area contributed by atoms with E-state index in [1.165, 1.54) is 75.0 Å². The summed E-state index contributed by atoms with van der Waals surface area (Å²) in [5.74, 6) is 1.71. The van der Waals surface area contributed by atoms with Crippen LogP contribution in [0, 0.1) is 32.0 Å². The molecule has 1 fully saturated rings. The number of benzene rings is 3. The van der Waals surface area contributed by atoms with Crippen molar-refractivity contribution in [1.29, 1.82) is 0 Å². The van der Waals surface area contributed by atoms with Crippen molar-refractivity contribution < 1.29 is 20.1 Å². The van der Waals surface area contributed by atoms with E-state index in [9.17, 15) is 0 Å². The van der Waals surface area contributed by atoms with Gasteiger partial charge in [0, 0.05) is 60.0 Å². The Morgan fingerprint density at radius 2 is 1.72 bits per heavy atom. The molecule has 0 bridgehead atoms. The van der Waals surface area contributed by atoms with E-state index in [4.69, 9.17) is 9.97 Å². The first-order valence-corrected chi connectivity index (χ1v) is 16.5. The Morgan fingerprint density at radius 1 is 0.915 bits per heavy atom. The SMILES string of the molecule is Cc1[c-]n2c3nccc4cc(CC5CCCC5)c5c6ccccc6n(c5c43)c2n1.Cc1c[c-]c(-c2ccc(C(C)(C)C)cn2)cc1.[Ir]. The van der Waals surface area contributed by atoms with E-state index < -0.39 is 0 Å². The Bertz CT molecular complexity index is 2330. The second kappa shape index (κ2) is 12.2. The average Bonchev–Trinajstić information content (AvgIpc) is 3.79. The minimum atomic E-state index is 0. The van der Waals surface area contributed by atoms with Crippen LogP contribution in [0.25, 0.3) is 55.3 Å². The van der Waals surface area contributed by atoms with E-state index in [1.807, 2.05) is 29.8 Å². The summed E-state index contributed by atoms with van der Waals surface area (Å²) >= 11 is 0. The molecule has 1 radical (unpaired) electrons. The van der Waals surface area contributed by atoms with Crippen molar-refractivity contribution in [3.8, 4) is 11.3 Å². The van der Waals surface area contributed by atoms with Gasteiger partial charge in [0.25, 0.3) is 0 Å². The van der Waals surface area contributed by atoms with Gasteiger partial charge in [0.05, 0.1) is 0 Å². The monoisotopic (exact) mass is 794 g/mol. The average molecular weight is 794 g/mol. The van der Waals surface area contributed by atoms with Crippen LogP contribution in [0.3, 0.4) is 0 Å². The van der Waals surface area contributed by atoms with Gasteiger partial charge in [0.15, 0.2) is 0 Å². The van der Waals surface area contributed by atoms with Crippen LogP contribution < -0.4 is 0 Å². The third-order valence-corrected chi connectivity index (χ3v) is 9.74. The minimum absolute atomic E-state index is 0.